The first-order valence-electron chi connectivity index (χ1n) is 15.6. The van der Waals surface area contributed by atoms with E-state index in [-0.39, 0.29) is 43.6 Å². The number of nitrogens with zero attached hydrogens (tertiary/aromatic N) is 1. The quantitative estimate of drug-likeness (QED) is 0.203. The third-order valence-electron chi connectivity index (χ3n) is 7.86. The minimum Gasteiger partial charge on any atom is -0.449 e. The standard InChI is InChI=1S/C36H41N5O6/c1-22-17-26-10-12-29(22)23(2)21-46-35(45)40-27-8-6-7-24(18-27)20-41(16-15-38-34(44)47-36(3,4)5)33(43)31(26)39-28-11-9-25-13-14-37-32(42)30(25)19-28/h6-14,17-19,23,31,39H,15-16,20-21H2,1-5H3,(H,37,42)(H,38,44)(H,40,45)/t23-,31+/m0/s1. The number of benzene rings is 3. The van der Waals surface area contributed by atoms with E-state index in [0.29, 0.717) is 16.8 Å². The molecule has 2 atom stereocenters. The number of hydrogen-bond acceptors (Lipinski definition) is 7. The highest BCUT2D eigenvalue weighted by molar-refractivity contribution is 5.89. The number of amides is 3. The topological polar surface area (TPSA) is 142 Å². The van der Waals surface area contributed by atoms with E-state index in [1.165, 1.54) is 0 Å². The Balaban J connectivity index is 1.55. The molecule has 3 aromatic carbocycles. The van der Waals surface area contributed by atoms with E-state index in [2.05, 4.69) is 20.9 Å². The molecule has 0 aliphatic carbocycles. The number of carbonyl (C=O) groups is 3. The molecule has 4 aromatic rings. The van der Waals surface area contributed by atoms with Crippen LogP contribution in [-0.4, -0.2) is 53.3 Å². The number of ether oxygens (including phenoxy) is 2. The molecule has 4 N–H and O–H groups in total. The molecule has 3 amide bonds. The Bertz CT molecular complexity index is 1850. The highest BCUT2D eigenvalue weighted by Gasteiger charge is 2.28. The van der Waals surface area contributed by atoms with Gasteiger partial charge in [-0.25, -0.2) is 9.59 Å². The van der Waals surface area contributed by atoms with Gasteiger partial charge >= 0.3 is 12.2 Å². The smallest absolute Gasteiger partial charge is 0.411 e. The van der Waals surface area contributed by atoms with Crippen molar-refractivity contribution in [1.82, 2.24) is 15.2 Å². The van der Waals surface area contributed by atoms with Gasteiger partial charge in [-0.2, -0.15) is 0 Å². The van der Waals surface area contributed by atoms with Crippen molar-refractivity contribution in [2.24, 2.45) is 0 Å². The van der Waals surface area contributed by atoms with Crippen LogP contribution in [0.2, 0.25) is 0 Å². The summed E-state index contributed by atoms with van der Waals surface area (Å²) in [5, 5.41) is 10.2. The van der Waals surface area contributed by atoms with E-state index in [4.69, 9.17) is 9.47 Å². The van der Waals surface area contributed by atoms with Crippen LogP contribution in [-0.2, 0) is 20.8 Å². The van der Waals surface area contributed by atoms with Crippen molar-refractivity contribution < 1.29 is 23.9 Å². The summed E-state index contributed by atoms with van der Waals surface area (Å²) in [7, 11) is 0. The van der Waals surface area contributed by atoms with Gasteiger partial charge in [-0.3, -0.25) is 14.9 Å². The van der Waals surface area contributed by atoms with E-state index in [9.17, 15) is 19.2 Å². The Labute approximate surface area is 273 Å². The number of aromatic nitrogens is 1. The lowest BCUT2D eigenvalue weighted by molar-refractivity contribution is -0.132. The predicted octanol–water partition coefficient (Wildman–Crippen LogP) is 6.21. The van der Waals surface area contributed by atoms with Crippen molar-refractivity contribution in [3.63, 3.8) is 0 Å². The van der Waals surface area contributed by atoms with Crippen LogP contribution in [0.5, 0.6) is 0 Å². The van der Waals surface area contributed by atoms with E-state index >= 15 is 0 Å². The van der Waals surface area contributed by atoms with Crippen LogP contribution in [0.25, 0.3) is 10.8 Å². The van der Waals surface area contributed by atoms with Crippen LogP contribution in [0.15, 0.2) is 77.7 Å². The zero-order valence-electron chi connectivity index (χ0n) is 27.3. The minimum atomic E-state index is -0.841. The van der Waals surface area contributed by atoms with Crippen LogP contribution in [0.3, 0.4) is 0 Å². The fourth-order valence-corrected chi connectivity index (χ4v) is 5.63. The Kier molecular flexibility index (Phi) is 9.83. The van der Waals surface area contributed by atoms with Crippen LogP contribution in [0, 0.1) is 6.92 Å². The first-order chi connectivity index (χ1) is 22.4. The maximum Gasteiger partial charge on any atom is 0.411 e. The van der Waals surface area contributed by atoms with Gasteiger partial charge in [0.2, 0.25) is 5.91 Å². The number of pyridine rings is 1. The maximum atomic E-state index is 14.7. The predicted molar refractivity (Wildman–Crippen MR) is 182 cm³/mol. The molecule has 0 unspecified atom stereocenters. The SMILES string of the molecule is Cc1cc2ccc1[C@@H](C)COC(=O)Nc1cccc(c1)CN(CCNC(=O)OC(C)(C)C)C(=O)[C@@H]2Nc1ccc2cc[nH]c(=O)c2c1. The second-order valence-corrected chi connectivity index (χ2v) is 12.8. The lowest BCUT2D eigenvalue weighted by Crippen LogP contribution is -2.43. The van der Waals surface area contributed by atoms with Gasteiger partial charge in [-0.1, -0.05) is 43.3 Å². The monoisotopic (exact) mass is 639 g/mol. The number of rotatable bonds is 5. The molecule has 2 aliphatic rings. The highest BCUT2D eigenvalue weighted by Crippen LogP contribution is 2.29. The molecule has 4 bridgehead atoms. The van der Waals surface area contributed by atoms with Crippen LogP contribution in [0.4, 0.5) is 21.0 Å². The molecule has 0 radical (unpaired) electrons. The Morgan fingerprint density at radius 3 is 2.62 bits per heavy atom. The van der Waals surface area contributed by atoms with Crippen LogP contribution >= 0.6 is 0 Å². The maximum absolute atomic E-state index is 14.7. The third kappa shape index (κ3) is 8.49. The molecule has 11 nitrogen and oxygen atoms in total. The second kappa shape index (κ2) is 14.0. The number of aromatic amines is 1. The molecule has 11 heteroatoms. The molecule has 2 aliphatic heterocycles. The fraction of sp³-hybridized carbons (Fsp3) is 0.333. The number of fused-ring (bicyclic) bond motifs is 10. The molecular weight excluding hydrogens is 598 g/mol. The van der Waals surface area contributed by atoms with Gasteiger partial charge in [-0.15, -0.1) is 0 Å². The van der Waals surface area contributed by atoms with Crippen molar-refractivity contribution in [3.8, 4) is 0 Å². The van der Waals surface area contributed by atoms with Crippen molar-refractivity contribution in [1.29, 1.82) is 0 Å². The summed E-state index contributed by atoms with van der Waals surface area (Å²) >= 11 is 0. The molecule has 0 saturated heterocycles. The largest absolute Gasteiger partial charge is 0.449 e. The van der Waals surface area contributed by atoms with Gasteiger partial charge in [0, 0.05) is 48.5 Å². The Morgan fingerprint density at radius 2 is 1.85 bits per heavy atom. The summed E-state index contributed by atoms with van der Waals surface area (Å²) in [6, 6.07) is 19.4. The van der Waals surface area contributed by atoms with Gasteiger partial charge in [-0.05, 0) is 85.7 Å². The molecule has 47 heavy (non-hydrogen) atoms. The number of H-pyrrole nitrogens is 1. The lowest BCUT2D eigenvalue weighted by atomic mass is 9.92. The third-order valence-corrected chi connectivity index (χ3v) is 7.86. The molecule has 0 saturated carbocycles. The van der Waals surface area contributed by atoms with Crippen LogP contribution < -0.4 is 21.5 Å². The van der Waals surface area contributed by atoms with Gasteiger partial charge in [0.1, 0.15) is 11.6 Å². The van der Waals surface area contributed by atoms with Gasteiger partial charge < -0.3 is 30.0 Å². The number of aryl methyl sites for hydroxylation is 1. The van der Waals surface area contributed by atoms with Crippen molar-refractivity contribution in [2.75, 3.05) is 30.3 Å². The zero-order chi connectivity index (χ0) is 33.7. The number of anilines is 2. The zero-order valence-corrected chi connectivity index (χ0v) is 27.3. The van der Waals surface area contributed by atoms with Gasteiger partial charge in [0.05, 0.1) is 6.61 Å². The van der Waals surface area contributed by atoms with E-state index in [1.54, 1.807) is 56.1 Å². The summed E-state index contributed by atoms with van der Waals surface area (Å²) in [5.41, 5.74) is 3.63. The minimum absolute atomic E-state index is 0.0983. The summed E-state index contributed by atoms with van der Waals surface area (Å²) in [6.45, 7) is 9.95. The number of nitrogens with one attached hydrogen (secondary N) is 4. The number of carbonyl (C=O) groups excluding carboxylic acids is 3. The molecule has 1 aromatic heterocycles. The van der Waals surface area contributed by atoms with Crippen molar-refractivity contribution >= 4 is 40.2 Å². The van der Waals surface area contributed by atoms with Crippen molar-refractivity contribution in [2.45, 2.75) is 58.7 Å². The average Bonchev–Trinajstić information content (AvgIpc) is 3.01. The molecule has 246 valence electrons. The van der Waals surface area contributed by atoms with E-state index < -0.39 is 23.8 Å². The Hall–Kier alpha value is -5.32. The normalized spacial score (nSPS) is 17.2. The average molecular weight is 640 g/mol. The molecular formula is C36H41N5O6. The Morgan fingerprint density at radius 1 is 1.04 bits per heavy atom. The summed E-state index contributed by atoms with van der Waals surface area (Å²) < 4.78 is 10.9. The molecule has 6 rings (SSSR count). The highest BCUT2D eigenvalue weighted by atomic mass is 16.6. The van der Waals surface area contributed by atoms with Crippen molar-refractivity contribution in [3.05, 3.63) is 106 Å². The van der Waals surface area contributed by atoms with Crippen LogP contribution in [0.1, 0.15) is 61.9 Å². The summed E-state index contributed by atoms with van der Waals surface area (Å²) in [5.74, 6) is -0.345. The molecule has 0 spiro atoms. The van der Waals surface area contributed by atoms with Gasteiger partial charge in [0.25, 0.3) is 5.56 Å². The first-order valence-corrected chi connectivity index (χ1v) is 15.6. The lowest BCUT2D eigenvalue weighted by Gasteiger charge is -2.30. The molecule has 3 heterocycles. The second-order valence-electron chi connectivity index (χ2n) is 12.8. The molecule has 0 fully saturated rings. The number of hydrogen-bond donors (Lipinski definition) is 4. The number of alkyl carbamates (subject to hydrolysis) is 1. The fourth-order valence-electron chi connectivity index (χ4n) is 5.63. The summed E-state index contributed by atoms with van der Waals surface area (Å²) in [6.07, 6.45) is 0.451. The van der Waals surface area contributed by atoms with Gasteiger partial charge in [0.15, 0.2) is 0 Å². The van der Waals surface area contributed by atoms with E-state index in [0.717, 1.165) is 27.6 Å². The summed E-state index contributed by atoms with van der Waals surface area (Å²) in [4.78, 5) is 56.7. The van der Waals surface area contributed by atoms with E-state index in [1.807, 2.05) is 56.3 Å². The first kappa shape index (κ1) is 33.1.